The minimum absolute atomic E-state index is 0.0857. The smallest absolute Gasteiger partial charge is 0.263 e. The Balaban J connectivity index is 1.75. The predicted molar refractivity (Wildman–Crippen MR) is 88.1 cm³/mol. The molecule has 0 aliphatic heterocycles. The monoisotopic (exact) mass is 327 g/mol. The Bertz CT molecular complexity index is 754. The van der Waals surface area contributed by atoms with E-state index < -0.39 is 0 Å². The van der Waals surface area contributed by atoms with E-state index in [4.69, 9.17) is 0 Å². The number of carbonyl (C=O) groups excluding carboxylic acids is 1. The van der Waals surface area contributed by atoms with Crippen molar-refractivity contribution in [3.8, 4) is 0 Å². The lowest BCUT2D eigenvalue weighted by Crippen LogP contribution is -2.29. The quantitative estimate of drug-likeness (QED) is 0.755. The van der Waals surface area contributed by atoms with Crippen molar-refractivity contribution in [2.45, 2.75) is 25.9 Å². The summed E-state index contributed by atoms with van der Waals surface area (Å²) in [6.07, 6.45) is 3.92. The van der Waals surface area contributed by atoms with Crippen LogP contribution in [-0.4, -0.2) is 25.7 Å². The van der Waals surface area contributed by atoms with E-state index in [0.717, 1.165) is 17.7 Å². The van der Waals surface area contributed by atoms with Crippen molar-refractivity contribution in [1.82, 2.24) is 25.1 Å². The van der Waals surface area contributed by atoms with Gasteiger partial charge in [-0.25, -0.2) is 9.97 Å². The molecule has 0 saturated carbocycles. The van der Waals surface area contributed by atoms with Crippen molar-refractivity contribution in [3.05, 3.63) is 64.6 Å². The van der Waals surface area contributed by atoms with E-state index in [2.05, 4.69) is 20.4 Å². The molecular weight excluding hydrogens is 310 g/mol. The number of carbonyl (C=O) groups is 1. The second kappa shape index (κ2) is 7.15. The highest BCUT2D eigenvalue weighted by Gasteiger charge is 2.18. The summed E-state index contributed by atoms with van der Waals surface area (Å²) in [5.41, 5.74) is 3.52. The molecule has 0 bridgehead atoms. The molecule has 2 aromatic heterocycles. The molecule has 1 N–H and O–H groups in total. The Hall–Kier alpha value is -2.54. The molecule has 23 heavy (non-hydrogen) atoms. The van der Waals surface area contributed by atoms with Crippen LogP contribution in [0.15, 0.2) is 48.5 Å². The number of benzene rings is 1. The molecule has 0 aliphatic carbocycles. The fourth-order valence-electron chi connectivity index (χ4n) is 2.36. The fraction of sp³-hybridized carbons (Fsp3) is 0.250. The van der Waals surface area contributed by atoms with Crippen molar-refractivity contribution in [3.63, 3.8) is 0 Å². The summed E-state index contributed by atoms with van der Waals surface area (Å²) in [7, 11) is 0. The van der Waals surface area contributed by atoms with Gasteiger partial charge in [-0.15, -0.1) is 11.3 Å². The largest absolute Gasteiger partial charge is 0.344 e. The van der Waals surface area contributed by atoms with E-state index >= 15 is 0 Å². The van der Waals surface area contributed by atoms with E-state index in [1.807, 2.05) is 37.3 Å². The third-order valence-electron chi connectivity index (χ3n) is 3.57. The van der Waals surface area contributed by atoms with Crippen molar-refractivity contribution in [1.29, 1.82) is 0 Å². The zero-order valence-corrected chi connectivity index (χ0v) is 13.5. The minimum Gasteiger partial charge on any atom is -0.344 e. The van der Waals surface area contributed by atoms with Crippen LogP contribution >= 0.6 is 11.3 Å². The number of hydrogen-bond acceptors (Lipinski definition) is 5. The van der Waals surface area contributed by atoms with Crippen LogP contribution in [0.25, 0.3) is 0 Å². The average molecular weight is 327 g/mol. The van der Waals surface area contributed by atoms with Gasteiger partial charge in [0.1, 0.15) is 17.5 Å². The lowest BCUT2D eigenvalue weighted by atomic mass is 10.0. The number of aryl methyl sites for hydroxylation is 2. The topological polar surface area (TPSA) is 72.7 Å². The fourth-order valence-corrected chi connectivity index (χ4v) is 3.07. The molecule has 1 unspecified atom stereocenters. The molecule has 118 valence electrons. The standard InChI is InChI=1S/C16H17N5OS/c1-12-15(23-11-18-12)16(22)20-14(13-5-3-2-4-6-13)7-8-21-10-17-9-19-21/h2-6,9-11,14H,7-8H2,1H3,(H,20,22). The van der Waals surface area contributed by atoms with Gasteiger partial charge in [-0.05, 0) is 18.9 Å². The van der Waals surface area contributed by atoms with Crippen molar-refractivity contribution >= 4 is 17.2 Å². The molecular formula is C16H17N5OS. The molecule has 7 heteroatoms. The van der Waals surface area contributed by atoms with E-state index in [0.29, 0.717) is 11.4 Å². The van der Waals surface area contributed by atoms with Gasteiger partial charge in [-0.2, -0.15) is 5.10 Å². The van der Waals surface area contributed by atoms with Gasteiger partial charge in [0.25, 0.3) is 5.91 Å². The second-order valence-electron chi connectivity index (χ2n) is 5.15. The summed E-state index contributed by atoms with van der Waals surface area (Å²) in [5.74, 6) is -0.0857. The van der Waals surface area contributed by atoms with Crippen LogP contribution < -0.4 is 5.32 Å². The number of hydrogen-bond donors (Lipinski definition) is 1. The first-order valence-corrected chi connectivity index (χ1v) is 8.20. The van der Waals surface area contributed by atoms with Gasteiger partial charge >= 0.3 is 0 Å². The number of nitrogens with zero attached hydrogens (tertiary/aromatic N) is 4. The van der Waals surface area contributed by atoms with Gasteiger partial charge in [0.2, 0.25) is 0 Å². The molecule has 0 radical (unpaired) electrons. The highest BCUT2D eigenvalue weighted by molar-refractivity contribution is 7.11. The maximum absolute atomic E-state index is 12.5. The first-order chi connectivity index (χ1) is 11.2. The number of aromatic nitrogens is 4. The Labute approximate surface area is 138 Å². The zero-order chi connectivity index (χ0) is 16.1. The van der Waals surface area contributed by atoms with Crippen LogP contribution in [0.2, 0.25) is 0 Å². The summed E-state index contributed by atoms with van der Waals surface area (Å²) in [6, 6.07) is 9.86. The molecule has 1 atom stereocenters. The van der Waals surface area contributed by atoms with Crippen molar-refractivity contribution in [2.24, 2.45) is 0 Å². The zero-order valence-electron chi connectivity index (χ0n) is 12.7. The molecule has 1 amide bonds. The first-order valence-electron chi connectivity index (χ1n) is 7.32. The molecule has 1 aromatic carbocycles. The van der Waals surface area contributed by atoms with E-state index in [1.54, 1.807) is 16.5 Å². The van der Waals surface area contributed by atoms with Gasteiger partial charge in [0.15, 0.2) is 0 Å². The van der Waals surface area contributed by atoms with Crippen molar-refractivity contribution < 1.29 is 4.79 Å². The predicted octanol–water partition coefficient (Wildman–Crippen LogP) is 2.60. The third kappa shape index (κ3) is 3.81. The summed E-state index contributed by atoms with van der Waals surface area (Å²) in [4.78, 5) is 21.2. The van der Waals surface area contributed by atoms with Crippen LogP contribution in [0.3, 0.4) is 0 Å². The number of amides is 1. The van der Waals surface area contributed by atoms with Crippen LogP contribution in [0.4, 0.5) is 0 Å². The first kappa shape index (κ1) is 15.4. The maximum Gasteiger partial charge on any atom is 0.263 e. The van der Waals surface area contributed by atoms with E-state index in [9.17, 15) is 4.79 Å². The third-order valence-corrected chi connectivity index (χ3v) is 4.50. The Morgan fingerprint density at radius 1 is 1.35 bits per heavy atom. The highest BCUT2D eigenvalue weighted by Crippen LogP contribution is 2.20. The molecule has 0 fully saturated rings. The number of rotatable bonds is 6. The van der Waals surface area contributed by atoms with Gasteiger partial charge in [0, 0.05) is 6.54 Å². The summed E-state index contributed by atoms with van der Waals surface area (Å²) < 4.78 is 1.76. The van der Waals surface area contributed by atoms with Crippen LogP contribution in [-0.2, 0) is 6.54 Å². The molecule has 0 saturated heterocycles. The van der Waals surface area contributed by atoms with Crippen molar-refractivity contribution in [2.75, 3.05) is 0 Å². The molecule has 3 aromatic rings. The van der Waals surface area contributed by atoms with Gasteiger partial charge < -0.3 is 5.32 Å². The summed E-state index contributed by atoms with van der Waals surface area (Å²) >= 11 is 1.36. The van der Waals surface area contributed by atoms with Gasteiger partial charge in [0.05, 0.1) is 17.2 Å². The Morgan fingerprint density at radius 2 is 2.17 bits per heavy atom. The number of thiazole rings is 1. The minimum atomic E-state index is -0.0885. The van der Waals surface area contributed by atoms with E-state index in [1.165, 1.54) is 17.7 Å². The van der Waals surface area contributed by atoms with Gasteiger partial charge in [-0.1, -0.05) is 30.3 Å². The molecule has 6 nitrogen and oxygen atoms in total. The molecule has 0 aliphatic rings. The summed E-state index contributed by atoms with van der Waals surface area (Å²) in [6.45, 7) is 2.53. The SMILES string of the molecule is Cc1ncsc1C(=O)NC(CCn1cncn1)c1ccccc1. The van der Waals surface area contributed by atoms with Crippen LogP contribution in [0, 0.1) is 6.92 Å². The molecule has 3 rings (SSSR count). The van der Waals surface area contributed by atoms with Crippen LogP contribution in [0.5, 0.6) is 0 Å². The summed E-state index contributed by atoms with van der Waals surface area (Å²) in [5, 5.41) is 7.22. The average Bonchev–Trinajstić information content (AvgIpc) is 3.23. The van der Waals surface area contributed by atoms with Crippen LogP contribution in [0.1, 0.15) is 33.4 Å². The molecule has 2 heterocycles. The second-order valence-corrected chi connectivity index (χ2v) is 6.01. The molecule has 0 spiro atoms. The lowest BCUT2D eigenvalue weighted by Gasteiger charge is -2.19. The lowest BCUT2D eigenvalue weighted by molar-refractivity contribution is 0.0936. The number of nitrogens with one attached hydrogen (secondary N) is 1. The van der Waals surface area contributed by atoms with Gasteiger partial charge in [-0.3, -0.25) is 9.48 Å². The maximum atomic E-state index is 12.5. The normalized spacial score (nSPS) is 12.0. The highest BCUT2D eigenvalue weighted by atomic mass is 32.1. The van der Waals surface area contributed by atoms with E-state index in [-0.39, 0.29) is 11.9 Å². The Morgan fingerprint density at radius 3 is 2.83 bits per heavy atom. The Kier molecular flexibility index (Phi) is 4.77.